The summed E-state index contributed by atoms with van der Waals surface area (Å²) in [6, 6.07) is 12.8. The normalized spacial score (nSPS) is 13.2. The third-order valence-electron chi connectivity index (χ3n) is 5.60. The van der Waals surface area contributed by atoms with E-state index in [1.165, 1.54) is 53.2 Å². The number of carbonyl (C=O) groups excluding carboxylic acids is 1. The maximum atomic E-state index is 13.9. The van der Waals surface area contributed by atoms with E-state index in [2.05, 4.69) is 10.1 Å². The van der Waals surface area contributed by atoms with E-state index in [1.807, 2.05) is 0 Å². The minimum atomic E-state index is -3.57. The van der Waals surface area contributed by atoms with Gasteiger partial charge in [0.15, 0.2) is 15.7 Å². The number of rotatable bonds is 4. The maximum Gasteiger partial charge on any atom is 0.255 e. The molecule has 2 aromatic carbocycles. The van der Waals surface area contributed by atoms with Crippen LogP contribution in [-0.2, 0) is 22.9 Å². The van der Waals surface area contributed by atoms with Crippen molar-refractivity contribution in [1.82, 2.24) is 19.7 Å². The molecule has 0 saturated carbocycles. The molecule has 0 fully saturated rings. The van der Waals surface area contributed by atoms with E-state index in [1.54, 1.807) is 17.2 Å². The molecule has 1 amide bonds. The first-order chi connectivity index (χ1) is 16.2. The average molecular weight is 480 g/mol. The number of hydrogen-bond donors (Lipinski definition) is 0. The number of carbonyl (C=O) groups is 1. The highest BCUT2D eigenvalue weighted by molar-refractivity contribution is 7.90. The molecule has 0 saturated heterocycles. The summed E-state index contributed by atoms with van der Waals surface area (Å²) in [5.41, 5.74) is 2.51. The number of nitrogens with zero attached hydrogens (tertiary/aromatic N) is 4. The lowest BCUT2D eigenvalue weighted by molar-refractivity contribution is 0.0749. The van der Waals surface area contributed by atoms with Gasteiger partial charge < -0.3 is 4.90 Å². The fourth-order valence-electron chi connectivity index (χ4n) is 3.93. The standard InChI is InChI=1S/C24H18F2N4O3S/c1-34(32,33)19-6-7-20(15-3-2-4-17(25)9-15)21(10-19)24(31)29-12-16-13-30(28-22(16)14-29)23-8-5-18(26)11-27-23/h2-11,13H,12,14H2,1H3. The van der Waals surface area contributed by atoms with E-state index in [0.29, 0.717) is 22.6 Å². The van der Waals surface area contributed by atoms with Gasteiger partial charge in [0.25, 0.3) is 5.91 Å². The number of sulfone groups is 1. The molecule has 0 radical (unpaired) electrons. The van der Waals surface area contributed by atoms with Gasteiger partial charge in [0.05, 0.1) is 23.3 Å². The van der Waals surface area contributed by atoms with Crippen molar-refractivity contribution in [2.45, 2.75) is 18.0 Å². The Hall–Kier alpha value is -3.92. The molecule has 0 bridgehead atoms. The highest BCUT2D eigenvalue weighted by Crippen LogP contribution is 2.31. The van der Waals surface area contributed by atoms with Crippen LogP contribution in [0, 0.1) is 11.6 Å². The number of benzene rings is 2. The zero-order valence-corrected chi connectivity index (χ0v) is 18.8. The largest absolute Gasteiger partial charge is 0.328 e. The highest BCUT2D eigenvalue weighted by Gasteiger charge is 2.29. The first kappa shape index (κ1) is 21.9. The molecule has 172 valence electrons. The predicted octanol–water partition coefficient (Wildman–Crippen LogP) is 3.77. The predicted molar refractivity (Wildman–Crippen MR) is 120 cm³/mol. The lowest BCUT2D eigenvalue weighted by Crippen LogP contribution is -2.26. The van der Waals surface area contributed by atoms with Crippen LogP contribution in [0.2, 0.25) is 0 Å². The van der Waals surface area contributed by atoms with Crippen LogP contribution in [0.5, 0.6) is 0 Å². The van der Waals surface area contributed by atoms with Gasteiger partial charge in [-0.05, 0) is 47.5 Å². The number of amides is 1. The molecule has 2 aromatic heterocycles. The summed E-state index contributed by atoms with van der Waals surface area (Å²) in [5, 5.41) is 4.46. The Morgan fingerprint density at radius 2 is 1.82 bits per heavy atom. The van der Waals surface area contributed by atoms with Crippen LogP contribution in [0.3, 0.4) is 0 Å². The lowest BCUT2D eigenvalue weighted by atomic mass is 9.98. The van der Waals surface area contributed by atoms with E-state index in [-0.39, 0.29) is 23.5 Å². The topological polar surface area (TPSA) is 85.2 Å². The third-order valence-corrected chi connectivity index (χ3v) is 6.71. The Kier molecular flexibility index (Phi) is 5.24. The number of pyridine rings is 1. The molecular formula is C24H18F2N4O3S. The van der Waals surface area contributed by atoms with Gasteiger partial charge in [0, 0.05) is 30.1 Å². The van der Waals surface area contributed by atoms with Gasteiger partial charge in [-0.15, -0.1) is 0 Å². The Morgan fingerprint density at radius 3 is 2.50 bits per heavy atom. The zero-order chi connectivity index (χ0) is 24.0. The van der Waals surface area contributed by atoms with Gasteiger partial charge in [0.2, 0.25) is 0 Å². The maximum absolute atomic E-state index is 13.9. The first-order valence-corrected chi connectivity index (χ1v) is 12.2. The van der Waals surface area contributed by atoms with E-state index in [0.717, 1.165) is 18.0 Å². The number of aromatic nitrogens is 3. The number of halogens is 2. The average Bonchev–Trinajstić information content (AvgIpc) is 3.38. The minimum Gasteiger partial charge on any atom is -0.328 e. The Balaban J connectivity index is 1.48. The summed E-state index contributed by atoms with van der Waals surface area (Å²) < 4.78 is 52.8. The fourth-order valence-corrected chi connectivity index (χ4v) is 4.57. The Bertz CT molecular complexity index is 1510. The van der Waals surface area contributed by atoms with Crippen molar-refractivity contribution >= 4 is 15.7 Å². The Morgan fingerprint density at radius 1 is 1.00 bits per heavy atom. The Labute approximate surface area is 194 Å². The van der Waals surface area contributed by atoms with Gasteiger partial charge in [-0.3, -0.25) is 4.79 Å². The molecule has 0 unspecified atom stereocenters. The van der Waals surface area contributed by atoms with Crippen LogP contribution >= 0.6 is 0 Å². The van der Waals surface area contributed by atoms with Crippen molar-refractivity contribution < 1.29 is 22.0 Å². The molecule has 4 aromatic rings. The SMILES string of the molecule is CS(=O)(=O)c1ccc(-c2cccc(F)c2)c(C(=O)N2Cc3cn(-c4ccc(F)cn4)nc3C2)c1. The van der Waals surface area contributed by atoms with Gasteiger partial charge in [-0.2, -0.15) is 5.10 Å². The van der Waals surface area contributed by atoms with Crippen LogP contribution in [0.25, 0.3) is 16.9 Å². The molecule has 0 spiro atoms. The van der Waals surface area contributed by atoms with Crippen LogP contribution in [-0.4, -0.2) is 40.2 Å². The summed E-state index contributed by atoms with van der Waals surface area (Å²) in [6.45, 7) is 0.453. The molecule has 7 nitrogen and oxygen atoms in total. The first-order valence-electron chi connectivity index (χ1n) is 10.3. The fraction of sp³-hybridized carbons (Fsp3) is 0.125. The van der Waals surface area contributed by atoms with Crippen LogP contribution in [0.15, 0.2) is 71.9 Å². The second kappa shape index (κ2) is 8.14. The number of fused-ring (bicyclic) bond motifs is 1. The summed E-state index contributed by atoms with van der Waals surface area (Å²) in [5.74, 6) is -0.865. The molecule has 1 aliphatic rings. The van der Waals surface area contributed by atoms with E-state index >= 15 is 0 Å². The lowest BCUT2D eigenvalue weighted by Gasteiger charge is -2.19. The monoisotopic (exact) mass is 480 g/mol. The molecule has 1 aliphatic heterocycles. The molecule has 5 rings (SSSR count). The van der Waals surface area contributed by atoms with Crippen molar-refractivity contribution in [2.75, 3.05) is 6.26 Å². The van der Waals surface area contributed by atoms with Crippen molar-refractivity contribution in [3.63, 3.8) is 0 Å². The second-order valence-corrected chi connectivity index (χ2v) is 10.0. The van der Waals surface area contributed by atoms with Crippen molar-refractivity contribution in [1.29, 1.82) is 0 Å². The van der Waals surface area contributed by atoms with Gasteiger partial charge >= 0.3 is 0 Å². The summed E-state index contributed by atoms with van der Waals surface area (Å²) in [4.78, 5) is 19.1. The van der Waals surface area contributed by atoms with E-state index in [9.17, 15) is 22.0 Å². The van der Waals surface area contributed by atoms with Gasteiger partial charge in [0.1, 0.15) is 11.6 Å². The number of hydrogen-bond acceptors (Lipinski definition) is 5. The molecule has 0 aliphatic carbocycles. The summed E-state index contributed by atoms with van der Waals surface area (Å²) in [6.07, 6.45) is 3.89. The van der Waals surface area contributed by atoms with E-state index in [4.69, 9.17) is 0 Å². The van der Waals surface area contributed by atoms with E-state index < -0.39 is 27.4 Å². The molecule has 3 heterocycles. The summed E-state index contributed by atoms with van der Waals surface area (Å²) >= 11 is 0. The molecule has 0 atom stereocenters. The van der Waals surface area contributed by atoms with Crippen LogP contribution < -0.4 is 0 Å². The van der Waals surface area contributed by atoms with Crippen LogP contribution in [0.4, 0.5) is 8.78 Å². The van der Waals surface area contributed by atoms with Crippen molar-refractivity contribution in [2.24, 2.45) is 0 Å². The zero-order valence-electron chi connectivity index (χ0n) is 17.9. The molecular weight excluding hydrogens is 462 g/mol. The minimum absolute atomic E-state index is 0.000472. The molecule has 0 N–H and O–H groups in total. The van der Waals surface area contributed by atoms with Gasteiger partial charge in [-0.25, -0.2) is 26.9 Å². The molecule has 34 heavy (non-hydrogen) atoms. The van der Waals surface area contributed by atoms with Crippen molar-refractivity contribution in [3.8, 4) is 16.9 Å². The van der Waals surface area contributed by atoms with Gasteiger partial charge in [-0.1, -0.05) is 18.2 Å². The summed E-state index contributed by atoms with van der Waals surface area (Å²) in [7, 11) is -3.57. The quantitative estimate of drug-likeness (QED) is 0.444. The second-order valence-electron chi connectivity index (χ2n) is 8.03. The van der Waals surface area contributed by atoms with Crippen molar-refractivity contribution in [3.05, 3.63) is 95.4 Å². The highest BCUT2D eigenvalue weighted by atomic mass is 32.2. The molecule has 10 heteroatoms. The third kappa shape index (κ3) is 4.08. The smallest absolute Gasteiger partial charge is 0.255 e. The van der Waals surface area contributed by atoms with Crippen LogP contribution in [0.1, 0.15) is 21.6 Å².